The number of hydrogen-bond donors (Lipinski definition) is 5. The number of aromatic hydroxyl groups is 1. The van der Waals surface area contributed by atoms with Gasteiger partial charge in [-0.05, 0) is 55.0 Å². The highest BCUT2D eigenvalue weighted by Gasteiger charge is 2.20. The van der Waals surface area contributed by atoms with Crippen LogP contribution in [0.2, 0.25) is 0 Å². The largest absolute Gasteiger partial charge is 0.508 e. The molecule has 4 aromatic carbocycles. The fraction of sp³-hybridized carbons (Fsp3) is 0.129. The molecule has 0 saturated heterocycles. The molecule has 0 aliphatic rings. The Labute approximate surface area is 254 Å². The number of methoxy groups -OCH3 is 1. The molecule has 11 nitrogen and oxygen atoms in total. The Kier molecular flexibility index (Phi) is 9.49. The zero-order chi connectivity index (χ0) is 30.6. The molecule has 13 heteroatoms. The predicted octanol–water partition coefficient (Wildman–Crippen LogP) is 6.02. The van der Waals surface area contributed by atoms with Crippen LogP contribution in [0.4, 0.5) is 33.1 Å². The summed E-state index contributed by atoms with van der Waals surface area (Å²) in [4.78, 5) is 21.4. The van der Waals surface area contributed by atoms with Gasteiger partial charge in [0.05, 0.1) is 35.3 Å². The van der Waals surface area contributed by atoms with Gasteiger partial charge in [0.2, 0.25) is 5.91 Å². The molecule has 1 heterocycles. The fourth-order valence-electron chi connectivity index (χ4n) is 4.14. The van der Waals surface area contributed by atoms with Gasteiger partial charge in [-0.2, -0.15) is 0 Å². The molecule has 0 atom stereocenters. The van der Waals surface area contributed by atoms with Crippen molar-refractivity contribution in [3.05, 3.63) is 96.3 Å². The van der Waals surface area contributed by atoms with Crippen molar-refractivity contribution in [1.82, 2.24) is 9.97 Å². The van der Waals surface area contributed by atoms with Crippen LogP contribution < -0.4 is 25.4 Å². The molecule has 0 saturated carbocycles. The van der Waals surface area contributed by atoms with E-state index in [9.17, 15) is 22.7 Å². The van der Waals surface area contributed by atoms with Crippen molar-refractivity contribution < 1.29 is 27.4 Å². The maximum atomic E-state index is 14.1. The average molecular weight is 619 g/mol. The SMILES string of the molecule is C.COc1cc(O)cc(Nc2nc3ccccc3nc2NS(=O)(=O)c2cccc(NC(=O)CNc3ccc(C)cc3F)c2)c1. The van der Waals surface area contributed by atoms with Crippen LogP contribution in [0.3, 0.4) is 0 Å². The van der Waals surface area contributed by atoms with Gasteiger partial charge in [0.25, 0.3) is 10.0 Å². The van der Waals surface area contributed by atoms with E-state index in [0.29, 0.717) is 22.5 Å². The molecule has 0 aliphatic carbocycles. The summed E-state index contributed by atoms with van der Waals surface area (Å²) in [6.07, 6.45) is 0. The van der Waals surface area contributed by atoms with Gasteiger partial charge in [0.1, 0.15) is 17.3 Å². The highest BCUT2D eigenvalue weighted by molar-refractivity contribution is 7.92. The summed E-state index contributed by atoms with van der Waals surface area (Å²) < 4.78 is 48.7. The molecular weight excluding hydrogens is 587 g/mol. The number of hydrogen-bond acceptors (Lipinski definition) is 9. The maximum Gasteiger partial charge on any atom is 0.263 e. The number of para-hydroxylation sites is 2. The van der Waals surface area contributed by atoms with Gasteiger partial charge in [-0.1, -0.05) is 31.7 Å². The second-order valence-electron chi connectivity index (χ2n) is 9.47. The van der Waals surface area contributed by atoms with Crippen molar-refractivity contribution in [2.45, 2.75) is 19.2 Å². The van der Waals surface area contributed by atoms with Gasteiger partial charge in [-0.3, -0.25) is 9.52 Å². The number of rotatable bonds is 10. The third-order valence-corrected chi connectivity index (χ3v) is 7.52. The summed E-state index contributed by atoms with van der Waals surface area (Å²) in [6.45, 7) is 1.52. The number of benzene rings is 4. The van der Waals surface area contributed by atoms with Crippen molar-refractivity contribution in [2.75, 3.05) is 34.3 Å². The van der Waals surface area contributed by atoms with Crippen LogP contribution in [-0.4, -0.2) is 43.1 Å². The molecule has 0 fully saturated rings. The lowest BCUT2D eigenvalue weighted by Crippen LogP contribution is -2.22. The molecule has 1 aromatic heterocycles. The summed E-state index contributed by atoms with van der Waals surface area (Å²) in [6, 6.07) is 21.6. The number of phenols is 1. The number of nitrogens with zero attached hydrogens (tertiary/aromatic N) is 2. The van der Waals surface area contributed by atoms with Crippen molar-refractivity contribution in [3.8, 4) is 11.5 Å². The topological polar surface area (TPSA) is 155 Å². The molecule has 0 aliphatic heterocycles. The number of carbonyl (C=O) groups is 1. The number of fused-ring (bicyclic) bond motifs is 1. The smallest absolute Gasteiger partial charge is 0.263 e. The zero-order valence-corrected chi connectivity index (χ0v) is 23.9. The first-order chi connectivity index (χ1) is 20.6. The van der Waals surface area contributed by atoms with E-state index in [4.69, 9.17) is 4.74 Å². The Morgan fingerprint density at radius 1 is 0.909 bits per heavy atom. The van der Waals surface area contributed by atoms with Gasteiger partial charge in [-0.25, -0.2) is 22.8 Å². The van der Waals surface area contributed by atoms with Crippen LogP contribution in [0.15, 0.2) is 89.8 Å². The minimum absolute atomic E-state index is 0. The summed E-state index contributed by atoms with van der Waals surface area (Å²) in [5, 5.41) is 18.4. The number of anilines is 5. The minimum atomic E-state index is -4.22. The monoisotopic (exact) mass is 618 g/mol. The summed E-state index contributed by atoms with van der Waals surface area (Å²) in [7, 11) is -2.77. The van der Waals surface area contributed by atoms with Crippen LogP contribution in [0.25, 0.3) is 11.0 Å². The predicted molar refractivity (Wildman–Crippen MR) is 170 cm³/mol. The molecule has 0 bridgehead atoms. The Morgan fingerprint density at radius 3 is 2.34 bits per heavy atom. The molecule has 5 N–H and O–H groups in total. The average Bonchev–Trinajstić information content (AvgIpc) is 2.96. The number of halogens is 1. The van der Waals surface area contributed by atoms with Crippen LogP contribution in [0, 0.1) is 12.7 Å². The summed E-state index contributed by atoms with van der Waals surface area (Å²) in [5.41, 5.74) is 2.46. The van der Waals surface area contributed by atoms with Gasteiger partial charge < -0.3 is 25.8 Å². The Morgan fingerprint density at radius 2 is 1.64 bits per heavy atom. The Hall–Kier alpha value is -5.43. The second kappa shape index (κ2) is 13.3. The normalized spacial score (nSPS) is 10.9. The van der Waals surface area contributed by atoms with E-state index in [2.05, 4.69) is 30.6 Å². The van der Waals surface area contributed by atoms with E-state index < -0.39 is 21.7 Å². The number of aromatic nitrogens is 2. The highest BCUT2D eigenvalue weighted by atomic mass is 32.2. The van der Waals surface area contributed by atoms with Crippen molar-refractivity contribution >= 4 is 55.7 Å². The first-order valence-corrected chi connectivity index (χ1v) is 14.4. The molecule has 228 valence electrons. The number of nitrogens with one attached hydrogen (secondary N) is 4. The quantitative estimate of drug-likeness (QED) is 0.126. The number of carbonyl (C=O) groups excluding carboxylic acids is 1. The Balaban J connectivity index is 0.00000442. The van der Waals surface area contributed by atoms with Crippen LogP contribution in [0.5, 0.6) is 11.5 Å². The molecule has 5 aromatic rings. The van der Waals surface area contributed by atoms with E-state index in [1.165, 1.54) is 55.6 Å². The van der Waals surface area contributed by atoms with E-state index in [1.807, 2.05) is 0 Å². The van der Waals surface area contributed by atoms with Crippen LogP contribution in [0.1, 0.15) is 13.0 Å². The zero-order valence-electron chi connectivity index (χ0n) is 23.1. The molecular formula is C31H31FN6O5S. The molecule has 1 amide bonds. The number of phenolic OH excluding ortho intramolecular Hbond substituents is 1. The van der Waals surface area contributed by atoms with E-state index >= 15 is 0 Å². The molecule has 44 heavy (non-hydrogen) atoms. The fourth-order valence-corrected chi connectivity index (χ4v) is 5.19. The maximum absolute atomic E-state index is 14.1. The standard InChI is InChI=1S/C30H27FN6O5S.CH4/c1-18-10-11-25(24(31)12-18)32-17-28(39)33-19-6-5-7-23(15-19)43(40,41)37-30-29(35-26-8-3-4-9-27(26)36-30)34-20-13-21(38)16-22(14-20)42-2;/h3-16,32,38H,17H2,1-2H3,(H,33,39)(H,34,35)(H,36,37);1H4. The highest BCUT2D eigenvalue weighted by Crippen LogP contribution is 2.31. The number of ether oxygens (including phenoxy) is 1. The second-order valence-corrected chi connectivity index (χ2v) is 11.2. The van der Waals surface area contributed by atoms with Gasteiger partial charge in [-0.15, -0.1) is 0 Å². The van der Waals surface area contributed by atoms with Gasteiger partial charge in [0, 0.05) is 29.6 Å². The van der Waals surface area contributed by atoms with Crippen molar-refractivity contribution in [2.24, 2.45) is 0 Å². The number of amides is 1. The van der Waals surface area contributed by atoms with Crippen LogP contribution >= 0.6 is 0 Å². The number of sulfonamides is 1. The van der Waals surface area contributed by atoms with E-state index in [-0.39, 0.29) is 47.6 Å². The minimum Gasteiger partial charge on any atom is -0.508 e. The van der Waals surface area contributed by atoms with Crippen molar-refractivity contribution in [3.63, 3.8) is 0 Å². The van der Waals surface area contributed by atoms with Gasteiger partial charge in [0.15, 0.2) is 11.6 Å². The van der Waals surface area contributed by atoms with E-state index in [0.717, 1.165) is 5.56 Å². The van der Waals surface area contributed by atoms with Gasteiger partial charge >= 0.3 is 0 Å². The first kappa shape index (κ1) is 31.5. The molecule has 0 unspecified atom stereocenters. The first-order valence-electron chi connectivity index (χ1n) is 12.9. The number of aryl methyl sites for hydroxylation is 1. The van der Waals surface area contributed by atoms with Crippen LogP contribution in [-0.2, 0) is 14.8 Å². The lowest BCUT2D eigenvalue weighted by atomic mass is 10.2. The molecule has 0 radical (unpaired) electrons. The van der Waals surface area contributed by atoms with E-state index in [1.54, 1.807) is 43.3 Å². The molecule has 0 spiro atoms. The lowest BCUT2D eigenvalue weighted by molar-refractivity contribution is -0.114. The molecule has 5 rings (SSSR count). The summed E-state index contributed by atoms with van der Waals surface area (Å²) in [5.74, 6) is -0.711. The third-order valence-electron chi connectivity index (χ3n) is 6.18. The third kappa shape index (κ3) is 7.50. The summed E-state index contributed by atoms with van der Waals surface area (Å²) >= 11 is 0. The Bertz CT molecular complexity index is 1940. The van der Waals surface area contributed by atoms with Crippen molar-refractivity contribution in [1.29, 1.82) is 0 Å². The lowest BCUT2D eigenvalue weighted by Gasteiger charge is -2.15.